The molecule has 3 heterocycles. The van der Waals surface area contributed by atoms with Gasteiger partial charge in [-0.15, -0.1) is 0 Å². The molecule has 0 unspecified atom stereocenters. The van der Waals surface area contributed by atoms with Gasteiger partial charge in [0.1, 0.15) is 11.5 Å². The fourth-order valence-electron chi connectivity index (χ4n) is 9.95. The summed E-state index contributed by atoms with van der Waals surface area (Å²) in [5.41, 5.74) is 6.37. The molecule has 4 aromatic rings. The third-order valence-corrected chi connectivity index (χ3v) is 12.4. The maximum atomic E-state index is 15.4. The van der Waals surface area contributed by atoms with E-state index in [-0.39, 0.29) is 30.4 Å². The lowest BCUT2D eigenvalue weighted by molar-refractivity contribution is -0.138. The van der Waals surface area contributed by atoms with Gasteiger partial charge in [-0.25, -0.2) is 0 Å². The summed E-state index contributed by atoms with van der Waals surface area (Å²) in [4.78, 5) is 62.9. The van der Waals surface area contributed by atoms with Crippen LogP contribution in [0.25, 0.3) is 0 Å². The number of morpholine rings is 1. The topological polar surface area (TPSA) is 129 Å². The number of nitrogens with one attached hydrogen (secondary N) is 1. The van der Waals surface area contributed by atoms with Crippen molar-refractivity contribution in [2.75, 3.05) is 48.6 Å². The minimum absolute atomic E-state index is 0.0944. The van der Waals surface area contributed by atoms with E-state index in [1.807, 2.05) is 91.9 Å². The van der Waals surface area contributed by atoms with Crippen LogP contribution in [0.1, 0.15) is 35.4 Å². The molecule has 5 aliphatic rings. The first-order valence-electron chi connectivity index (χ1n) is 18.9. The Balaban J connectivity index is 1.18. The Morgan fingerprint density at radius 2 is 1.51 bits per heavy atom. The molecule has 0 aromatic heterocycles. The standard InChI is InChI=1S/C44H42N4O7/c1-26-11-13-28(14-12-26)45-48-41(51)34-25-33-31(39(38-35(49)9-6-10-36(38)54-2)44(34,43(48)53)27-7-4-3-5-8-27)19-20-32-37(33)42(52)47(40(32)50)30-17-15-29(16-18-30)46-21-23-55-24-22-46/h3-19,32-34,37,39,45,49H,20-25H2,1-2H3/t32-,33+,34-,37-,39+,44+/m0/s1. The number of aromatic hydroxyl groups is 1. The van der Waals surface area contributed by atoms with Crippen LogP contribution in [0.4, 0.5) is 17.1 Å². The van der Waals surface area contributed by atoms with Crippen LogP contribution in [0.15, 0.2) is 109 Å². The first kappa shape index (κ1) is 34.8. The molecule has 3 saturated heterocycles. The number of hydrogen-bond acceptors (Lipinski definition) is 9. The van der Waals surface area contributed by atoms with Gasteiger partial charge in [0.2, 0.25) is 11.8 Å². The van der Waals surface area contributed by atoms with E-state index in [1.165, 1.54) is 12.0 Å². The zero-order valence-electron chi connectivity index (χ0n) is 30.7. The van der Waals surface area contributed by atoms with E-state index in [2.05, 4.69) is 10.3 Å². The number of hydrazine groups is 1. The van der Waals surface area contributed by atoms with Crippen molar-refractivity contribution < 1.29 is 33.8 Å². The molecule has 4 fully saturated rings. The van der Waals surface area contributed by atoms with Crippen LogP contribution < -0.4 is 20.0 Å². The molecule has 3 aliphatic heterocycles. The van der Waals surface area contributed by atoms with Crippen LogP contribution >= 0.6 is 0 Å². The minimum Gasteiger partial charge on any atom is -0.508 e. The van der Waals surface area contributed by atoms with Crippen molar-refractivity contribution in [2.45, 2.75) is 31.1 Å². The molecule has 4 aromatic carbocycles. The average molecular weight is 739 g/mol. The molecule has 0 radical (unpaired) electrons. The molecule has 6 atom stereocenters. The smallest absolute Gasteiger partial charge is 0.260 e. The minimum atomic E-state index is -1.53. The maximum Gasteiger partial charge on any atom is 0.260 e. The highest BCUT2D eigenvalue weighted by Crippen LogP contribution is 2.66. The zero-order chi connectivity index (χ0) is 38.0. The number of phenolic OH excluding ortho intramolecular Hbond substituents is 1. The molecule has 2 N–H and O–H groups in total. The predicted molar refractivity (Wildman–Crippen MR) is 205 cm³/mol. The third kappa shape index (κ3) is 5.27. The summed E-state index contributed by atoms with van der Waals surface area (Å²) in [7, 11) is 1.50. The van der Waals surface area contributed by atoms with Crippen molar-refractivity contribution in [3.05, 3.63) is 125 Å². The van der Waals surface area contributed by atoms with Gasteiger partial charge in [0.05, 0.1) is 54.9 Å². The normalized spacial score (nSPS) is 27.4. The van der Waals surface area contributed by atoms with Crippen LogP contribution in [-0.4, -0.2) is 67.2 Å². The van der Waals surface area contributed by atoms with Gasteiger partial charge in [-0.3, -0.25) is 29.5 Å². The van der Waals surface area contributed by atoms with Crippen molar-refractivity contribution in [3.8, 4) is 11.5 Å². The van der Waals surface area contributed by atoms with Crippen LogP contribution in [-0.2, 0) is 29.3 Å². The fraction of sp³-hybridized carbons (Fsp3) is 0.318. The van der Waals surface area contributed by atoms with Crippen LogP contribution in [0.2, 0.25) is 0 Å². The number of carbonyl (C=O) groups excluding carboxylic acids is 4. The molecule has 11 nitrogen and oxygen atoms in total. The number of anilines is 3. The number of aryl methyl sites for hydroxylation is 1. The molecule has 1 saturated carbocycles. The third-order valence-electron chi connectivity index (χ3n) is 12.4. The SMILES string of the molecule is COc1cccc(O)c1[C@H]1C2=CC[C@@H]3C(=O)N(c4ccc(N5CCOCC5)cc4)C(=O)[C@@H]3[C@@H]2C[C@H]2C(=O)N(Nc3ccc(C)cc3)C(=O)[C@@]12c1ccccc1. The van der Waals surface area contributed by atoms with E-state index in [0.29, 0.717) is 41.5 Å². The fourth-order valence-corrected chi connectivity index (χ4v) is 9.95. The molecule has 4 amide bonds. The van der Waals surface area contributed by atoms with Crippen LogP contribution in [0, 0.1) is 30.6 Å². The number of rotatable bonds is 7. The molecule has 280 valence electrons. The van der Waals surface area contributed by atoms with Crippen molar-refractivity contribution in [1.82, 2.24) is 5.01 Å². The molecular weight excluding hydrogens is 697 g/mol. The quantitative estimate of drug-likeness (QED) is 0.180. The second-order valence-corrected chi connectivity index (χ2v) is 15.1. The molecule has 0 spiro atoms. The summed E-state index contributed by atoms with van der Waals surface area (Å²) in [5, 5.41) is 12.9. The first-order valence-corrected chi connectivity index (χ1v) is 18.9. The number of imide groups is 2. The Morgan fingerprint density at radius 3 is 2.22 bits per heavy atom. The summed E-state index contributed by atoms with van der Waals surface area (Å²) in [6, 6.07) is 29.1. The number of fused-ring (bicyclic) bond motifs is 4. The lowest BCUT2D eigenvalue weighted by atomic mass is 9.49. The second-order valence-electron chi connectivity index (χ2n) is 15.1. The maximum absolute atomic E-state index is 15.4. The average Bonchev–Trinajstić information content (AvgIpc) is 3.60. The van der Waals surface area contributed by atoms with Crippen LogP contribution in [0.5, 0.6) is 11.5 Å². The molecule has 2 aliphatic carbocycles. The Hall–Kier alpha value is -5.94. The van der Waals surface area contributed by atoms with E-state index < -0.39 is 46.8 Å². The van der Waals surface area contributed by atoms with Gasteiger partial charge in [-0.2, -0.15) is 5.01 Å². The molecule has 0 bridgehead atoms. The summed E-state index contributed by atoms with van der Waals surface area (Å²) in [6.07, 6.45) is 2.39. The van der Waals surface area contributed by atoms with Gasteiger partial charge in [-0.05, 0) is 79.8 Å². The number of benzene rings is 4. The lowest BCUT2D eigenvalue weighted by Gasteiger charge is -2.50. The number of ether oxygens (including phenoxy) is 2. The second kappa shape index (κ2) is 13.4. The van der Waals surface area contributed by atoms with Crippen molar-refractivity contribution in [3.63, 3.8) is 0 Å². The number of methoxy groups -OCH3 is 1. The Kier molecular flexibility index (Phi) is 8.49. The van der Waals surface area contributed by atoms with Gasteiger partial charge in [0.25, 0.3) is 11.8 Å². The zero-order valence-corrected chi connectivity index (χ0v) is 30.7. The highest BCUT2D eigenvalue weighted by molar-refractivity contribution is 6.22. The number of nitrogens with zero attached hydrogens (tertiary/aromatic N) is 3. The molecule has 11 heteroatoms. The highest BCUT2D eigenvalue weighted by atomic mass is 16.5. The predicted octanol–water partition coefficient (Wildman–Crippen LogP) is 5.74. The van der Waals surface area contributed by atoms with Gasteiger partial charge in [0, 0.05) is 30.3 Å². The summed E-state index contributed by atoms with van der Waals surface area (Å²) in [5.74, 6) is -5.14. The highest BCUT2D eigenvalue weighted by Gasteiger charge is 2.71. The first-order chi connectivity index (χ1) is 26.7. The van der Waals surface area contributed by atoms with E-state index in [9.17, 15) is 19.5 Å². The van der Waals surface area contributed by atoms with Gasteiger partial charge in [-0.1, -0.05) is 65.7 Å². The van der Waals surface area contributed by atoms with E-state index in [1.54, 1.807) is 18.2 Å². The largest absolute Gasteiger partial charge is 0.508 e. The Labute approximate surface area is 319 Å². The van der Waals surface area contributed by atoms with E-state index in [0.717, 1.165) is 34.9 Å². The number of carbonyl (C=O) groups is 4. The molecular formula is C44H42N4O7. The summed E-state index contributed by atoms with van der Waals surface area (Å²) >= 11 is 0. The van der Waals surface area contributed by atoms with Crippen molar-refractivity contribution in [1.29, 1.82) is 0 Å². The van der Waals surface area contributed by atoms with E-state index >= 15 is 4.79 Å². The van der Waals surface area contributed by atoms with Crippen molar-refractivity contribution >= 4 is 40.7 Å². The van der Waals surface area contributed by atoms with Gasteiger partial charge < -0.3 is 19.5 Å². The van der Waals surface area contributed by atoms with E-state index in [4.69, 9.17) is 9.47 Å². The molecule has 55 heavy (non-hydrogen) atoms. The van der Waals surface area contributed by atoms with Gasteiger partial charge >= 0.3 is 0 Å². The van der Waals surface area contributed by atoms with Gasteiger partial charge in [0.15, 0.2) is 0 Å². The lowest BCUT2D eigenvalue weighted by Crippen LogP contribution is -2.53. The number of amides is 4. The molecule has 9 rings (SSSR count). The number of allylic oxidation sites excluding steroid dienone is 2. The number of phenols is 1. The number of hydrogen-bond donors (Lipinski definition) is 2. The Morgan fingerprint density at radius 1 is 0.800 bits per heavy atom. The van der Waals surface area contributed by atoms with Crippen LogP contribution in [0.3, 0.4) is 0 Å². The Bertz CT molecular complexity index is 2220. The summed E-state index contributed by atoms with van der Waals surface area (Å²) < 4.78 is 11.4. The monoisotopic (exact) mass is 738 g/mol. The summed E-state index contributed by atoms with van der Waals surface area (Å²) in [6.45, 7) is 4.75. The van der Waals surface area contributed by atoms with Crippen molar-refractivity contribution in [2.24, 2.45) is 23.7 Å².